The molecule has 1 saturated carbocycles. The molecule has 0 spiro atoms. The Bertz CT molecular complexity index is 595. The van der Waals surface area contributed by atoms with Gasteiger partial charge in [-0.05, 0) is 63.3 Å². The van der Waals surface area contributed by atoms with Gasteiger partial charge in [-0.2, -0.15) is 5.26 Å². The largest absolute Gasteiger partial charge is 0.494 e. The fourth-order valence-electron chi connectivity index (χ4n) is 3.68. The highest BCUT2D eigenvalue weighted by molar-refractivity contribution is 5.75. The van der Waals surface area contributed by atoms with Crippen LogP contribution in [0.2, 0.25) is 0 Å². The van der Waals surface area contributed by atoms with Crippen molar-refractivity contribution in [1.82, 2.24) is 0 Å². The van der Waals surface area contributed by atoms with Crippen LogP contribution in [-0.2, 0) is 4.79 Å². The van der Waals surface area contributed by atoms with E-state index in [1.807, 2.05) is 19.1 Å². The molecule has 0 N–H and O–H groups in total. The highest BCUT2D eigenvalue weighted by atomic mass is 16.5. The number of rotatable bonds is 9. The predicted molar refractivity (Wildman–Crippen MR) is 102 cm³/mol. The molecule has 1 aliphatic rings. The Hall–Kier alpha value is -2.02. The standard InChI is InChI=1S/C22H31NO3/c1-3-5-6-7-14-22(17-23)15-12-18(13-16-22)21(24)26-20-10-8-19(9-11-20)25-4-2/h8-11,18H,3-7,12-16H2,1-2H3. The zero-order chi connectivity index (χ0) is 18.8. The quantitative estimate of drug-likeness (QED) is 0.325. The summed E-state index contributed by atoms with van der Waals surface area (Å²) in [5, 5.41) is 9.65. The minimum atomic E-state index is -0.232. The molecular formula is C22H31NO3. The first-order valence-corrected chi connectivity index (χ1v) is 9.98. The molecule has 142 valence electrons. The van der Waals surface area contributed by atoms with Gasteiger partial charge in [-0.25, -0.2) is 0 Å². The first kappa shape index (κ1) is 20.3. The van der Waals surface area contributed by atoms with Crippen LogP contribution in [0.3, 0.4) is 0 Å². The van der Waals surface area contributed by atoms with Crippen molar-refractivity contribution in [3.05, 3.63) is 24.3 Å². The van der Waals surface area contributed by atoms with Gasteiger partial charge in [0.05, 0.1) is 24.0 Å². The van der Waals surface area contributed by atoms with E-state index in [2.05, 4.69) is 13.0 Å². The molecule has 0 unspecified atom stereocenters. The van der Waals surface area contributed by atoms with Crippen LogP contribution in [0.1, 0.15) is 71.6 Å². The molecule has 2 rings (SSSR count). The van der Waals surface area contributed by atoms with Gasteiger partial charge in [0.1, 0.15) is 11.5 Å². The number of hydrogen-bond acceptors (Lipinski definition) is 4. The molecule has 1 aromatic rings. The minimum absolute atomic E-state index is 0.0984. The van der Waals surface area contributed by atoms with Crippen LogP contribution in [0.4, 0.5) is 0 Å². The van der Waals surface area contributed by atoms with Crippen LogP contribution in [-0.4, -0.2) is 12.6 Å². The molecule has 0 amide bonds. The minimum Gasteiger partial charge on any atom is -0.494 e. The Kier molecular flexibility index (Phi) is 7.97. The highest BCUT2D eigenvalue weighted by Crippen LogP contribution is 2.42. The third-order valence-electron chi connectivity index (χ3n) is 5.38. The fraction of sp³-hybridized carbons (Fsp3) is 0.636. The average Bonchev–Trinajstić information content (AvgIpc) is 2.67. The zero-order valence-corrected chi connectivity index (χ0v) is 16.1. The number of carbonyl (C=O) groups excluding carboxylic acids is 1. The molecule has 0 heterocycles. The average molecular weight is 357 g/mol. The Morgan fingerprint density at radius 3 is 2.35 bits per heavy atom. The van der Waals surface area contributed by atoms with Crippen molar-refractivity contribution in [3.63, 3.8) is 0 Å². The van der Waals surface area contributed by atoms with E-state index in [1.54, 1.807) is 12.1 Å². The molecule has 0 aliphatic heterocycles. The summed E-state index contributed by atoms with van der Waals surface area (Å²) in [5.74, 6) is 1.05. The molecule has 26 heavy (non-hydrogen) atoms. The van der Waals surface area contributed by atoms with Crippen LogP contribution in [0.15, 0.2) is 24.3 Å². The van der Waals surface area contributed by atoms with E-state index >= 15 is 0 Å². The number of nitrogens with zero attached hydrogens (tertiary/aromatic N) is 1. The van der Waals surface area contributed by atoms with Gasteiger partial charge in [-0.3, -0.25) is 4.79 Å². The smallest absolute Gasteiger partial charge is 0.314 e. The maximum Gasteiger partial charge on any atom is 0.314 e. The lowest BCUT2D eigenvalue weighted by molar-refractivity contribution is -0.140. The van der Waals surface area contributed by atoms with E-state index in [0.29, 0.717) is 12.4 Å². The van der Waals surface area contributed by atoms with Gasteiger partial charge in [0, 0.05) is 0 Å². The predicted octanol–water partition coefficient (Wildman–Crippen LogP) is 5.66. The van der Waals surface area contributed by atoms with Crippen LogP contribution in [0.25, 0.3) is 0 Å². The molecule has 4 nitrogen and oxygen atoms in total. The van der Waals surface area contributed by atoms with Crippen molar-refractivity contribution in [2.75, 3.05) is 6.61 Å². The lowest BCUT2D eigenvalue weighted by Gasteiger charge is -2.34. The summed E-state index contributed by atoms with van der Waals surface area (Å²) < 4.78 is 10.9. The Morgan fingerprint density at radius 1 is 1.12 bits per heavy atom. The summed E-state index contributed by atoms with van der Waals surface area (Å²) in [5.41, 5.74) is -0.232. The molecule has 0 bridgehead atoms. The van der Waals surface area contributed by atoms with Gasteiger partial charge in [-0.15, -0.1) is 0 Å². The Morgan fingerprint density at radius 2 is 1.77 bits per heavy atom. The number of nitriles is 1. The van der Waals surface area contributed by atoms with Crippen LogP contribution in [0.5, 0.6) is 11.5 Å². The van der Waals surface area contributed by atoms with Gasteiger partial charge in [0.2, 0.25) is 0 Å². The number of hydrogen-bond donors (Lipinski definition) is 0. The zero-order valence-electron chi connectivity index (χ0n) is 16.1. The van der Waals surface area contributed by atoms with Crippen LogP contribution < -0.4 is 9.47 Å². The molecule has 1 fully saturated rings. The van der Waals surface area contributed by atoms with Gasteiger partial charge in [-0.1, -0.05) is 32.6 Å². The third-order valence-corrected chi connectivity index (χ3v) is 5.38. The third kappa shape index (κ3) is 5.76. The number of unbranched alkanes of at least 4 members (excludes halogenated alkanes) is 3. The number of carbonyl (C=O) groups is 1. The first-order chi connectivity index (χ1) is 12.6. The molecule has 4 heteroatoms. The van der Waals surface area contributed by atoms with Gasteiger partial charge in [0.15, 0.2) is 0 Å². The van der Waals surface area contributed by atoms with E-state index in [-0.39, 0.29) is 17.3 Å². The molecule has 0 radical (unpaired) electrons. The second-order valence-electron chi connectivity index (χ2n) is 7.30. The fourth-order valence-corrected chi connectivity index (χ4v) is 3.68. The molecule has 1 aliphatic carbocycles. The van der Waals surface area contributed by atoms with E-state index in [4.69, 9.17) is 9.47 Å². The number of benzene rings is 1. The number of ether oxygens (including phenoxy) is 2. The van der Waals surface area contributed by atoms with E-state index in [0.717, 1.165) is 44.3 Å². The second-order valence-corrected chi connectivity index (χ2v) is 7.30. The van der Waals surface area contributed by atoms with E-state index < -0.39 is 0 Å². The lowest BCUT2D eigenvalue weighted by Crippen LogP contribution is -2.31. The normalized spacial score (nSPS) is 22.4. The Labute approximate surface area is 157 Å². The SMILES string of the molecule is CCCCCCC1(C#N)CCC(C(=O)Oc2ccc(OCC)cc2)CC1. The van der Waals surface area contributed by atoms with Gasteiger partial charge >= 0.3 is 5.97 Å². The molecule has 0 saturated heterocycles. The molecule has 1 aromatic carbocycles. The summed E-state index contributed by atoms with van der Waals surface area (Å²) in [6, 6.07) is 9.70. The maximum atomic E-state index is 12.4. The summed E-state index contributed by atoms with van der Waals surface area (Å²) in [6.45, 7) is 4.74. The topological polar surface area (TPSA) is 59.3 Å². The lowest BCUT2D eigenvalue weighted by atomic mass is 9.69. The molecule has 0 aromatic heterocycles. The Balaban J connectivity index is 1.82. The van der Waals surface area contributed by atoms with Crippen LogP contribution in [0, 0.1) is 22.7 Å². The molecular weight excluding hydrogens is 326 g/mol. The van der Waals surface area contributed by atoms with Crippen molar-refractivity contribution in [1.29, 1.82) is 5.26 Å². The second kappa shape index (κ2) is 10.2. The summed E-state index contributed by atoms with van der Waals surface area (Å²) in [7, 11) is 0. The van der Waals surface area contributed by atoms with Crippen molar-refractivity contribution in [2.24, 2.45) is 11.3 Å². The van der Waals surface area contributed by atoms with Crippen molar-refractivity contribution < 1.29 is 14.3 Å². The van der Waals surface area contributed by atoms with E-state index in [9.17, 15) is 10.1 Å². The van der Waals surface area contributed by atoms with Crippen LogP contribution >= 0.6 is 0 Å². The first-order valence-electron chi connectivity index (χ1n) is 9.98. The summed E-state index contributed by atoms with van der Waals surface area (Å²) >= 11 is 0. The monoisotopic (exact) mass is 357 g/mol. The number of esters is 1. The van der Waals surface area contributed by atoms with E-state index in [1.165, 1.54) is 19.3 Å². The van der Waals surface area contributed by atoms with Crippen molar-refractivity contribution in [2.45, 2.75) is 71.6 Å². The van der Waals surface area contributed by atoms with Crippen molar-refractivity contribution >= 4 is 5.97 Å². The summed E-state index contributed by atoms with van der Waals surface area (Å²) in [6.07, 6.45) is 8.82. The van der Waals surface area contributed by atoms with Crippen molar-refractivity contribution in [3.8, 4) is 17.6 Å². The molecule has 0 atom stereocenters. The maximum absolute atomic E-state index is 12.4. The van der Waals surface area contributed by atoms with Gasteiger partial charge in [0.25, 0.3) is 0 Å². The summed E-state index contributed by atoms with van der Waals surface area (Å²) in [4.78, 5) is 12.4. The highest BCUT2D eigenvalue weighted by Gasteiger charge is 2.37. The van der Waals surface area contributed by atoms with Gasteiger partial charge < -0.3 is 9.47 Å².